The molecule has 0 aliphatic heterocycles. The number of halogens is 1. The highest BCUT2D eigenvalue weighted by Gasteiger charge is 2.08. The minimum Gasteiger partial charge on any atom is -0.489 e. The van der Waals surface area contributed by atoms with Gasteiger partial charge in [0.2, 0.25) is 5.91 Å². The molecule has 0 aromatic heterocycles. The van der Waals surface area contributed by atoms with E-state index in [0.29, 0.717) is 24.4 Å². The van der Waals surface area contributed by atoms with Gasteiger partial charge >= 0.3 is 0 Å². The number of benzene rings is 2. The number of hydrogen-bond donors (Lipinski definition) is 2. The van der Waals surface area contributed by atoms with Gasteiger partial charge in [-0.1, -0.05) is 34.1 Å². The van der Waals surface area contributed by atoms with E-state index in [9.17, 15) is 4.79 Å². The zero-order valence-corrected chi connectivity index (χ0v) is 15.8. The van der Waals surface area contributed by atoms with E-state index in [1.165, 1.54) is 5.56 Å². The summed E-state index contributed by atoms with van der Waals surface area (Å²) < 4.78 is 6.76. The van der Waals surface area contributed by atoms with Crippen LogP contribution < -0.4 is 15.4 Å². The van der Waals surface area contributed by atoms with Crippen LogP contribution in [0.15, 0.2) is 46.9 Å². The summed E-state index contributed by atoms with van der Waals surface area (Å²) in [6, 6.07) is 13.5. The fourth-order valence-electron chi connectivity index (χ4n) is 2.16. The maximum atomic E-state index is 12.1. The molecule has 2 aromatic carbocycles. The van der Waals surface area contributed by atoms with E-state index in [2.05, 4.69) is 26.6 Å². The predicted molar refractivity (Wildman–Crippen MR) is 103 cm³/mol. The number of nitrogens with one attached hydrogen (secondary N) is 2. The number of aryl methyl sites for hydroxylation is 1. The molecule has 2 N–H and O–H groups in total. The Labute approximate surface area is 151 Å². The standard InChI is InChI=1S/C19H23BrN2O2/c1-13(2)24-18-7-5-4-6-17(18)22-19(23)10-11-21-15-9-8-14(3)16(20)12-15/h4-9,12-13,21H,10-11H2,1-3H3,(H,22,23). The van der Waals surface area contributed by atoms with Crippen molar-refractivity contribution in [2.45, 2.75) is 33.3 Å². The Kier molecular flexibility index (Phi) is 6.67. The molecule has 2 aromatic rings. The second kappa shape index (κ2) is 8.73. The minimum absolute atomic E-state index is 0.0477. The van der Waals surface area contributed by atoms with Gasteiger partial charge in [0.25, 0.3) is 0 Å². The Morgan fingerprint density at radius 3 is 2.67 bits per heavy atom. The molecule has 0 bridgehead atoms. The van der Waals surface area contributed by atoms with E-state index in [1.54, 1.807) is 0 Å². The highest BCUT2D eigenvalue weighted by atomic mass is 79.9. The van der Waals surface area contributed by atoms with Crippen LogP contribution >= 0.6 is 15.9 Å². The molecule has 0 spiro atoms. The van der Waals surface area contributed by atoms with Gasteiger partial charge in [0.15, 0.2) is 0 Å². The lowest BCUT2D eigenvalue weighted by atomic mass is 10.2. The van der Waals surface area contributed by atoms with Gasteiger partial charge in [-0.25, -0.2) is 0 Å². The van der Waals surface area contributed by atoms with Gasteiger partial charge in [-0.2, -0.15) is 0 Å². The van der Waals surface area contributed by atoms with E-state index >= 15 is 0 Å². The zero-order chi connectivity index (χ0) is 17.5. The second-order valence-corrected chi connectivity index (χ2v) is 6.71. The molecular weight excluding hydrogens is 368 g/mol. The Morgan fingerprint density at radius 2 is 1.96 bits per heavy atom. The third-order valence-corrected chi connectivity index (χ3v) is 4.23. The van der Waals surface area contributed by atoms with Gasteiger partial charge < -0.3 is 15.4 Å². The van der Waals surface area contributed by atoms with Crippen LogP contribution in [0.1, 0.15) is 25.8 Å². The maximum Gasteiger partial charge on any atom is 0.226 e. The summed E-state index contributed by atoms with van der Waals surface area (Å²) in [6.45, 7) is 6.52. The molecule has 0 heterocycles. The summed E-state index contributed by atoms with van der Waals surface area (Å²) in [6.07, 6.45) is 0.436. The number of ether oxygens (including phenoxy) is 1. The van der Waals surface area contributed by atoms with Crippen LogP contribution in [-0.2, 0) is 4.79 Å². The largest absolute Gasteiger partial charge is 0.489 e. The van der Waals surface area contributed by atoms with Crippen LogP contribution in [0.2, 0.25) is 0 Å². The summed E-state index contributed by atoms with van der Waals surface area (Å²) in [5, 5.41) is 6.16. The molecule has 24 heavy (non-hydrogen) atoms. The van der Waals surface area contributed by atoms with Crippen molar-refractivity contribution in [3.8, 4) is 5.75 Å². The number of carbonyl (C=O) groups is 1. The smallest absolute Gasteiger partial charge is 0.226 e. The van der Waals surface area contributed by atoms with Gasteiger partial charge in [0.05, 0.1) is 11.8 Å². The zero-order valence-electron chi connectivity index (χ0n) is 14.2. The highest BCUT2D eigenvalue weighted by molar-refractivity contribution is 9.10. The van der Waals surface area contributed by atoms with Crippen molar-refractivity contribution in [2.24, 2.45) is 0 Å². The highest BCUT2D eigenvalue weighted by Crippen LogP contribution is 2.25. The molecule has 128 valence electrons. The number of carbonyl (C=O) groups excluding carboxylic acids is 1. The molecule has 1 amide bonds. The van der Waals surface area contributed by atoms with E-state index in [4.69, 9.17) is 4.74 Å². The number of anilines is 2. The quantitative estimate of drug-likeness (QED) is 0.700. The lowest BCUT2D eigenvalue weighted by molar-refractivity contribution is -0.116. The van der Waals surface area contributed by atoms with Crippen LogP contribution in [0, 0.1) is 6.92 Å². The summed E-state index contributed by atoms with van der Waals surface area (Å²) in [7, 11) is 0. The molecule has 0 aliphatic rings. The van der Waals surface area contributed by atoms with Crippen molar-refractivity contribution < 1.29 is 9.53 Å². The molecule has 0 aliphatic carbocycles. The molecule has 0 saturated carbocycles. The first-order valence-electron chi connectivity index (χ1n) is 8.01. The van der Waals surface area contributed by atoms with Crippen molar-refractivity contribution >= 4 is 33.2 Å². The molecule has 0 radical (unpaired) electrons. The Morgan fingerprint density at radius 1 is 1.21 bits per heavy atom. The molecule has 0 atom stereocenters. The number of rotatable bonds is 7. The lowest BCUT2D eigenvalue weighted by Gasteiger charge is -2.15. The van der Waals surface area contributed by atoms with Gasteiger partial charge in [0, 0.05) is 23.1 Å². The molecular formula is C19H23BrN2O2. The van der Waals surface area contributed by atoms with Crippen LogP contribution in [-0.4, -0.2) is 18.6 Å². The molecule has 4 nitrogen and oxygen atoms in total. The van der Waals surface area contributed by atoms with Crippen LogP contribution in [0.5, 0.6) is 5.75 Å². The van der Waals surface area contributed by atoms with Crippen molar-refractivity contribution in [3.63, 3.8) is 0 Å². The third kappa shape index (κ3) is 5.57. The lowest BCUT2D eigenvalue weighted by Crippen LogP contribution is -2.17. The Balaban J connectivity index is 1.86. The number of amides is 1. The Bertz CT molecular complexity index is 702. The maximum absolute atomic E-state index is 12.1. The van der Waals surface area contributed by atoms with E-state index in [0.717, 1.165) is 10.2 Å². The second-order valence-electron chi connectivity index (χ2n) is 5.85. The van der Waals surface area contributed by atoms with E-state index in [1.807, 2.05) is 63.2 Å². The van der Waals surface area contributed by atoms with Crippen molar-refractivity contribution in [1.82, 2.24) is 0 Å². The van der Waals surface area contributed by atoms with Crippen molar-refractivity contribution in [3.05, 3.63) is 52.5 Å². The summed E-state index contributed by atoms with van der Waals surface area (Å²) in [4.78, 5) is 12.1. The monoisotopic (exact) mass is 390 g/mol. The molecule has 0 saturated heterocycles. The van der Waals surface area contributed by atoms with Crippen LogP contribution in [0.3, 0.4) is 0 Å². The van der Waals surface area contributed by atoms with Gasteiger partial charge in [-0.15, -0.1) is 0 Å². The van der Waals surface area contributed by atoms with E-state index < -0.39 is 0 Å². The van der Waals surface area contributed by atoms with Crippen LogP contribution in [0.4, 0.5) is 11.4 Å². The molecule has 0 unspecified atom stereocenters. The topological polar surface area (TPSA) is 50.4 Å². The summed E-state index contributed by atoms with van der Waals surface area (Å²) in [5.74, 6) is 0.643. The minimum atomic E-state index is -0.0477. The fraction of sp³-hybridized carbons (Fsp3) is 0.316. The Hall–Kier alpha value is -2.01. The average Bonchev–Trinajstić information content (AvgIpc) is 2.52. The average molecular weight is 391 g/mol. The van der Waals surface area contributed by atoms with E-state index in [-0.39, 0.29) is 12.0 Å². The van der Waals surface area contributed by atoms with Gasteiger partial charge in [0.1, 0.15) is 5.75 Å². The van der Waals surface area contributed by atoms with Gasteiger partial charge in [-0.05, 0) is 50.6 Å². The summed E-state index contributed by atoms with van der Waals surface area (Å²) in [5.41, 5.74) is 2.87. The summed E-state index contributed by atoms with van der Waals surface area (Å²) >= 11 is 3.51. The van der Waals surface area contributed by atoms with Crippen molar-refractivity contribution in [2.75, 3.05) is 17.2 Å². The molecule has 0 fully saturated rings. The number of para-hydroxylation sites is 2. The third-order valence-electron chi connectivity index (χ3n) is 3.38. The predicted octanol–water partition coefficient (Wildman–Crippen LogP) is 4.99. The van der Waals surface area contributed by atoms with Gasteiger partial charge in [-0.3, -0.25) is 4.79 Å². The first-order valence-corrected chi connectivity index (χ1v) is 8.80. The number of hydrogen-bond acceptors (Lipinski definition) is 3. The molecule has 2 rings (SSSR count). The first-order chi connectivity index (χ1) is 11.5. The first kappa shape index (κ1) is 18.3. The van der Waals surface area contributed by atoms with Crippen LogP contribution in [0.25, 0.3) is 0 Å². The fourth-order valence-corrected chi connectivity index (χ4v) is 2.54. The molecule has 5 heteroatoms. The normalized spacial score (nSPS) is 10.5. The van der Waals surface area contributed by atoms with Crippen molar-refractivity contribution in [1.29, 1.82) is 0 Å². The SMILES string of the molecule is Cc1ccc(NCCC(=O)Nc2ccccc2OC(C)C)cc1Br.